The minimum atomic E-state index is -0.428. The molecule has 130 valence electrons. The molecule has 0 aromatic heterocycles. The lowest BCUT2D eigenvalue weighted by Crippen LogP contribution is -2.52. The average Bonchev–Trinajstić information content (AvgIpc) is 3.14. The van der Waals surface area contributed by atoms with Gasteiger partial charge in [-0.15, -0.1) is 0 Å². The van der Waals surface area contributed by atoms with Gasteiger partial charge in [0.25, 0.3) is 5.91 Å². The van der Waals surface area contributed by atoms with Crippen LogP contribution in [0, 0.1) is 0 Å². The van der Waals surface area contributed by atoms with Crippen molar-refractivity contribution in [1.29, 1.82) is 0 Å². The van der Waals surface area contributed by atoms with E-state index >= 15 is 0 Å². The van der Waals surface area contributed by atoms with E-state index in [1.54, 1.807) is 0 Å². The van der Waals surface area contributed by atoms with E-state index in [9.17, 15) is 4.79 Å². The van der Waals surface area contributed by atoms with Crippen LogP contribution in [0.25, 0.3) is 0 Å². The maximum absolute atomic E-state index is 13.1. The Morgan fingerprint density at radius 1 is 1.22 bits per heavy atom. The summed E-state index contributed by atoms with van der Waals surface area (Å²) in [7, 11) is 0. The number of hydrogen-bond donors (Lipinski definition) is 0. The SMILES string of the molecule is CCCCC1=NC2(CCN(C3CCCC3)CC2)C(=O)N1C(C)C. The topological polar surface area (TPSA) is 35.9 Å². The summed E-state index contributed by atoms with van der Waals surface area (Å²) in [5.41, 5.74) is -0.428. The summed E-state index contributed by atoms with van der Waals surface area (Å²) in [5.74, 6) is 1.34. The predicted octanol–water partition coefficient (Wildman–Crippen LogP) is 3.60. The van der Waals surface area contributed by atoms with Crippen molar-refractivity contribution in [1.82, 2.24) is 9.80 Å². The van der Waals surface area contributed by atoms with Gasteiger partial charge in [0.05, 0.1) is 0 Å². The van der Waals surface area contributed by atoms with Gasteiger partial charge in [0.2, 0.25) is 0 Å². The van der Waals surface area contributed by atoms with Crippen LogP contribution in [0.5, 0.6) is 0 Å². The van der Waals surface area contributed by atoms with Crippen LogP contribution < -0.4 is 0 Å². The van der Waals surface area contributed by atoms with Crippen molar-refractivity contribution in [3.63, 3.8) is 0 Å². The molecule has 0 N–H and O–H groups in total. The number of piperidine rings is 1. The largest absolute Gasteiger partial charge is 0.300 e. The molecule has 2 aliphatic heterocycles. The van der Waals surface area contributed by atoms with Crippen LogP contribution in [0.1, 0.15) is 78.6 Å². The Morgan fingerprint density at radius 3 is 2.43 bits per heavy atom. The standard InChI is InChI=1S/C19H33N3O/c1-4-5-10-17-20-19(18(23)22(17)15(2)3)11-13-21(14-12-19)16-8-6-7-9-16/h15-16H,4-14H2,1-3H3. The lowest BCUT2D eigenvalue weighted by Gasteiger charge is -2.39. The number of carbonyl (C=O) groups is 1. The monoisotopic (exact) mass is 319 g/mol. The van der Waals surface area contributed by atoms with Gasteiger partial charge in [-0.1, -0.05) is 26.2 Å². The van der Waals surface area contributed by atoms with Crippen LogP contribution in [0.2, 0.25) is 0 Å². The van der Waals surface area contributed by atoms with Crippen LogP contribution in [0.15, 0.2) is 4.99 Å². The molecule has 1 amide bonds. The molecule has 3 rings (SSSR count). The normalized spacial score (nSPS) is 25.8. The zero-order valence-corrected chi connectivity index (χ0v) is 15.2. The van der Waals surface area contributed by atoms with Crippen LogP contribution >= 0.6 is 0 Å². The minimum Gasteiger partial charge on any atom is -0.300 e. The smallest absolute Gasteiger partial charge is 0.256 e. The van der Waals surface area contributed by atoms with E-state index in [0.717, 1.165) is 57.1 Å². The van der Waals surface area contributed by atoms with Gasteiger partial charge in [0, 0.05) is 31.6 Å². The molecule has 0 atom stereocenters. The Morgan fingerprint density at radius 2 is 1.87 bits per heavy atom. The molecule has 0 aromatic rings. The van der Waals surface area contributed by atoms with Gasteiger partial charge in [-0.05, 0) is 46.0 Å². The third-order valence-electron chi connectivity index (χ3n) is 5.97. The second kappa shape index (κ2) is 6.92. The number of amidine groups is 1. The van der Waals surface area contributed by atoms with Crippen LogP contribution in [0.3, 0.4) is 0 Å². The van der Waals surface area contributed by atoms with Crippen molar-refractivity contribution < 1.29 is 4.79 Å². The molecule has 23 heavy (non-hydrogen) atoms. The summed E-state index contributed by atoms with van der Waals surface area (Å²) < 4.78 is 0. The zero-order chi connectivity index (χ0) is 16.4. The fraction of sp³-hybridized carbons (Fsp3) is 0.895. The molecule has 2 heterocycles. The predicted molar refractivity (Wildman–Crippen MR) is 94.7 cm³/mol. The lowest BCUT2D eigenvalue weighted by molar-refractivity contribution is -0.134. The summed E-state index contributed by atoms with van der Waals surface area (Å²) >= 11 is 0. The molecule has 2 fully saturated rings. The molecule has 0 radical (unpaired) electrons. The van der Waals surface area contributed by atoms with Gasteiger partial charge in [-0.2, -0.15) is 0 Å². The molecule has 4 heteroatoms. The first kappa shape index (κ1) is 16.9. The van der Waals surface area contributed by atoms with Crippen LogP contribution in [-0.2, 0) is 4.79 Å². The summed E-state index contributed by atoms with van der Waals surface area (Å²) in [5, 5.41) is 0. The number of hydrogen-bond acceptors (Lipinski definition) is 3. The van der Waals surface area contributed by atoms with Gasteiger partial charge in [0.15, 0.2) is 0 Å². The minimum absolute atomic E-state index is 0.227. The van der Waals surface area contributed by atoms with E-state index in [1.165, 1.54) is 25.7 Å². The highest BCUT2D eigenvalue weighted by Crippen LogP contribution is 2.37. The quantitative estimate of drug-likeness (QED) is 0.776. The Kier molecular flexibility index (Phi) is 5.10. The molecule has 4 nitrogen and oxygen atoms in total. The number of nitrogens with zero attached hydrogens (tertiary/aromatic N) is 3. The van der Waals surface area contributed by atoms with E-state index in [-0.39, 0.29) is 11.9 Å². The molecule has 1 aliphatic carbocycles. The van der Waals surface area contributed by atoms with Crippen molar-refractivity contribution in [2.75, 3.05) is 13.1 Å². The van der Waals surface area contributed by atoms with E-state index in [4.69, 9.17) is 4.99 Å². The first-order valence-corrected chi connectivity index (χ1v) is 9.74. The summed E-state index contributed by atoms with van der Waals surface area (Å²) in [6.07, 6.45) is 10.5. The fourth-order valence-electron chi connectivity index (χ4n) is 4.59. The van der Waals surface area contributed by atoms with Crippen molar-refractivity contribution in [2.24, 2.45) is 4.99 Å². The number of aliphatic imine (C=N–C) groups is 1. The third-order valence-corrected chi connectivity index (χ3v) is 5.97. The van der Waals surface area contributed by atoms with Crippen molar-refractivity contribution in [2.45, 2.75) is 96.2 Å². The van der Waals surface area contributed by atoms with Crippen molar-refractivity contribution in [3.05, 3.63) is 0 Å². The maximum Gasteiger partial charge on any atom is 0.256 e. The Balaban J connectivity index is 1.71. The summed E-state index contributed by atoms with van der Waals surface area (Å²) in [6, 6.07) is 0.999. The fourth-order valence-corrected chi connectivity index (χ4v) is 4.59. The van der Waals surface area contributed by atoms with Crippen molar-refractivity contribution in [3.8, 4) is 0 Å². The highest BCUT2D eigenvalue weighted by Gasteiger charge is 2.50. The first-order valence-electron chi connectivity index (χ1n) is 9.74. The molecule has 3 aliphatic rings. The molecule has 1 spiro atoms. The van der Waals surface area contributed by atoms with Crippen LogP contribution in [0.4, 0.5) is 0 Å². The Labute approximate surface area is 141 Å². The Bertz CT molecular complexity index is 457. The van der Waals surface area contributed by atoms with E-state index in [1.807, 2.05) is 4.90 Å². The number of amides is 1. The van der Waals surface area contributed by atoms with E-state index < -0.39 is 5.54 Å². The molecule has 1 saturated carbocycles. The molecule has 0 bridgehead atoms. The second-order valence-electron chi connectivity index (χ2n) is 7.91. The highest BCUT2D eigenvalue weighted by atomic mass is 16.2. The van der Waals surface area contributed by atoms with Crippen LogP contribution in [-0.4, -0.2) is 52.3 Å². The van der Waals surface area contributed by atoms with Crippen molar-refractivity contribution >= 4 is 11.7 Å². The number of likely N-dealkylation sites (tertiary alicyclic amines) is 1. The lowest BCUT2D eigenvalue weighted by atomic mass is 9.86. The van der Waals surface area contributed by atoms with Gasteiger partial charge < -0.3 is 4.90 Å². The second-order valence-corrected chi connectivity index (χ2v) is 7.91. The number of carbonyl (C=O) groups excluding carboxylic acids is 1. The molecule has 1 saturated heterocycles. The summed E-state index contributed by atoms with van der Waals surface area (Å²) in [4.78, 5) is 22.8. The first-order chi connectivity index (χ1) is 11.1. The highest BCUT2D eigenvalue weighted by molar-refractivity contribution is 6.08. The van der Waals surface area contributed by atoms with Gasteiger partial charge in [-0.3, -0.25) is 14.7 Å². The molecule has 0 aromatic carbocycles. The molecule has 0 unspecified atom stereocenters. The van der Waals surface area contributed by atoms with Gasteiger partial charge >= 0.3 is 0 Å². The van der Waals surface area contributed by atoms with E-state index in [2.05, 4.69) is 25.7 Å². The maximum atomic E-state index is 13.1. The third kappa shape index (κ3) is 3.19. The zero-order valence-electron chi connectivity index (χ0n) is 15.2. The molecular weight excluding hydrogens is 286 g/mol. The number of rotatable bonds is 5. The molecular formula is C19H33N3O. The van der Waals surface area contributed by atoms with E-state index in [0.29, 0.717) is 0 Å². The summed E-state index contributed by atoms with van der Waals surface area (Å²) in [6.45, 7) is 8.53. The van der Waals surface area contributed by atoms with Gasteiger partial charge in [0.1, 0.15) is 11.4 Å². The Hall–Kier alpha value is -0.900. The van der Waals surface area contributed by atoms with Gasteiger partial charge in [-0.25, -0.2) is 0 Å². The average molecular weight is 319 g/mol. The number of unbranched alkanes of at least 4 members (excludes halogenated alkanes) is 1.